The number of ketones is 1. The van der Waals surface area contributed by atoms with E-state index in [9.17, 15) is 9.90 Å². The van der Waals surface area contributed by atoms with E-state index in [0.717, 1.165) is 23.4 Å². The second kappa shape index (κ2) is 7.20. The molecule has 1 aliphatic carbocycles. The Hall–Kier alpha value is -3.73. The highest BCUT2D eigenvalue weighted by molar-refractivity contribution is 5.98. The number of fused-ring (bicyclic) bond motifs is 1. The molecule has 0 unspecified atom stereocenters. The van der Waals surface area contributed by atoms with Gasteiger partial charge in [-0.3, -0.25) is 9.36 Å². The van der Waals surface area contributed by atoms with Crippen LogP contribution in [-0.4, -0.2) is 25.4 Å². The van der Waals surface area contributed by atoms with E-state index < -0.39 is 0 Å². The molecule has 0 spiro atoms. The van der Waals surface area contributed by atoms with Crippen molar-refractivity contribution in [3.63, 3.8) is 0 Å². The predicted molar refractivity (Wildman–Crippen MR) is 120 cm³/mol. The summed E-state index contributed by atoms with van der Waals surface area (Å²) in [6.45, 7) is 4.18. The fraction of sp³-hybridized carbons (Fsp3) is 0.192. The molecule has 0 aliphatic heterocycles. The van der Waals surface area contributed by atoms with Gasteiger partial charge in [-0.1, -0.05) is 62.4 Å². The number of hydrogen-bond donors (Lipinski definition) is 1. The summed E-state index contributed by atoms with van der Waals surface area (Å²) in [6, 6.07) is 22.9. The Morgan fingerprint density at radius 3 is 2.26 bits per heavy atom. The van der Waals surface area contributed by atoms with Crippen LogP contribution >= 0.6 is 0 Å². The van der Waals surface area contributed by atoms with Crippen LogP contribution in [0.2, 0.25) is 0 Å². The average molecular weight is 409 g/mol. The Labute approximate surface area is 181 Å². The van der Waals surface area contributed by atoms with Gasteiger partial charge in [0, 0.05) is 17.5 Å². The maximum absolute atomic E-state index is 12.6. The van der Waals surface area contributed by atoms with Gasteiger partial charge < -0.3 is 5.11 Å². The number of Topliss-reactive ketones (excluding diaryl/α,β-unsaturated/α-hetero) is 1. The molecule has 0 fully saturated rings. The zero-order chi connectivity index (χ0) is 21.6. The SMILES string of the molecule is CC1(C)CC(=O)c2ccc(-c3nc(-c4ccccc4)c(O)n3-c3ccccc3)nc2C1. The van der Waals surface area contributed by atoms with Crippen LogP contribution in [0.1, 0.15) is 36.3 Å². The van der Waals surface area contributed by atoms with Crippen molar-refractivity contribution in [2.45, 2.75) is 26.7 Å². The third kappa shape index (κ3) is 3.42. The van der Waals surface area contributed by atoms with Crippen molar-refractivity contribution >= 4 is 5.78 Å². The van der Waals surface area contributed by atoms with Gasteiger partial charge in [-0.25, -0.2) is 9.97 Å². The monoisotopic (exact) mass is 409 g/mol. The minimum Gasteiger partial charge on any atom is -0.493 e. The number of carbonyl (C=O) groups is 1. The molecule has 0 amide bonds. The van der Waals surface area contributed by atoms with Gasteiger partial charge >= 0.3 is 0 Å². The highest BCUT2D eigenvalue weighted by Gasteiger charge is 2.32. The first-order valence-corrected chi connectivity index (χ1v) is 10.4. The van der Waals surface area contributed by atoms with Gasteiger partial charge in [-0.2, -0.15) is 0 Å². The third-order valence-electron chi connectivity index (χ3n) is 5.70. The van der Waals surface area contributed by atoms with Crippen molar-refractivity contribution in [2.75, 3.05) is 0 Å². The standard InChI is InChI=1S/C26H23N3O2/c1-26(2)15-21-19(22(30)16-26)13-14-20(27-21)24-28-23(17-9-5-3-6-10-17)25(31)29(24)18-11-7-4-8-12-18/h3-14,31H,15-16H2,1-2H3. The molecule has 2 aromatic carbocycles. The number of carbonyl (C=O) groups excluding carboxylic acids is 1. The van der Waals surface area contributed by atoms with Gasteiger partial charge in [0.15, 0.2) is 11.6 Å². The smallest absolute Gasteiger partial charge is 0.224 e. The van der Waals surface area contributed by atoms with Crippen LogP contribution in [0.4, 0.5) is 0 Å². The van der Waals surface area contributed by atoms with Crippen molar-refractivity contribution in [3.05, 3.63) is 84.1 Å². The molecule has 5 rings (SSSR count). The Kier molecular flexibility index (Phi) is 4.47. The molecule has 1 aliphatic rings. The van der Waals surface area contributed by atoms with Crippen molar-refractivity contribution in [3.8, 4) is 34.3 Å². The summed E-state index contributed by atoms with van der Waals surface area (Å²) in [4.78, 5) is 22.2. The molecule has 0 bridgehead atoms. The number of aromatic hydroxyl groups is 1. The van der Waals surface area contributed by atoms with Crippen molar-refractivity contribution in [2.24, 2.45) is 5.41 Å². The van der Waals surface area contributed by atoms with E-state index >= 15 is 0 Å². The number of imidazole rings is 1. The first kappa shape index (κ1) is 19.2. The lowest BCUT2D eigenvalue weighted by Gasteiger charge is -2.29. The van der Waals surface area contributed by atoms with Crippen LogP contribution in [0, 0.1) is 5.41 Å². The van der Waals surface area contributed by atoms with E-state index in [1.807, 2.05) is 72.8 Å². The van der Waals surface area contributed by atoms with Crippen LogP contribution in [-0.2, 0) is 6.42 Å². The quantitative estimate of drug-likeness (QED) is 0.488. The van der Waals surface area contributed by atoms with E-state index in [2.05, 4.69) is 13.8 Å². The Morgan fingerprint density at radius 2 is 1.55 bits per heavy atom. The minimum atomic E-state index is -0.123. The maximum atomic E-state index is 12.6. The highest BCUT2D eigenvalue weighted by Crippen LogP contribution is 2.38. The fourth-order valence-corrected chi connectivity index (χ4v) is 4.26. The van der Waals surface area contributed by atoms with E-state index in [-0.39, 0.29) is 17.1 Å². The number of benzene rings is 2. The second-order valence-corrected chi connectivity index (χ2v) is 8.78. The molecule has 31 heavy (non-hydrogen) atoms. The Morgan fingerprint density at radius 1 is 0.871 bits per heavy atom. The van der Waals surface area contributed by atoms with Crippen LogP contribution in [0.25, 0.3) is 28.5 Å². The summed E-state index contributed by atoms with van der Waals surface area (Å²) in [5, 5.41) is 11.2. The number of nitrogens with zero attached hydrogens (tertiary/aromatic N) is 3. The van der Waals surface area contributed by atoms with Gasteiger partial charge in [-0.05, 0) is 36.1 Å². The van der Waals surface area contributed by atoms with Gasteiger partial charge in [0.1, 0.15) is 11.4 Å². The normalized spacial score (nSPS) is 15.0. The Balaban J connectivity index is 1.72. The topological polar surface area (TPSA) is 68.0 Å². The predicted octanol–water partition coefficient (Wildman–Crippen LogP) is 5.46. The lowest BCUT2D eigenvalue weighted by Crippen LogP contribution is -2.28. The third-order valence-corrected chi connectivity index (χ3v) is 5.70. The number of hydrogen-bond acceptors (Lipinski definition) is 4. The summed E-state index contributed by atoms with van der Waals surface area (Å²) in [5.74, 6) is 0.731. The number of aromatic nitrogens is 3. The molecule has 4 aromatic rings. The molecule has 0 radical (unpaired) electrons. The first-order chi connectivity index (χ1) is 14.9. The molecular weight excluding hydrogens is 386 g/mol. The summed E-state index contributed by atoms with van der Waals surface area (Å²) >= 11 is 0. The number of rotatable bonds is 3. The summed E-state index contributed by atoms with van der Waals surface area (Å²) in [7, 11) is 0. The van der Waals surface area contributed by atoms with E-state index in [4.69, 9.17) is 9.97 Å². The van der Waals surface area contributed by atoms with Crippen molar-refractivity contribution in [1.82, 2.24) is 14.5 Å². The lowest BCUT2D eigenvalue weighted by atomic mass is 9.75. The maximum Gasteiger partial charge on any atom is 0.224 e. The molecular formula is C26H23N3O2. The van der Waals surface area contributed by atoms with E-state index in [1.54, 1.807) is 4.57 Å². The molecule has 1 N–H and O–H groups in total. The molecule has 5 heteroatoms. The average Bonchev–Trinajstić information content (AvgIpc) is 3.11. The van der Waals surface area contributed by atoms with Crippen LogP contribution in [0.3, 0.4) is 0 Å². The first-order valence-electron chi connectivity index (χ1n) is 10.4. The zero-order valence-electron chi connectivity index (χ0n) is 17.5. The molecule has 154 valence electrons. The van der Waals surface area contributed by atoms with E-state index in [0.29, 0.717) is 29.2 Å². The van der Waals surface area contributed by atoms with Crippen LogP contribution in [0.15, 0.2) is 72.8 Å². The highest BCUT2D eigenvalue weighted by atomic mass is 16.3. The molecule has 5 nitrogen and oxygen atoms in total. The van der Waals surface area contributed by atoms with Gasteiger partial charge in [0.25, 0.3) is 0 Å². The second-order valence-electron chi connectivity index (χ2n) is 8.78. The lowest BCUT2D eigenvalue weighted by molar-refractivity contribution is 0.0910. The summed E-state index contributed by atoms with van der Waals surface area (Å²) < 4.78 is 1.72. The largest absolute Gasteiger partial charge is 0.493 e. The zero-order valence-corrected chi connectivity index (χ0v) is 17.5. The Bertz CT molecular complexity index is 1280. The summed E-state index contributed by atoms with van der Waals surface area (Å²) in [6.07, 6.45) is 1.25. The van der Waals surface area contributed by atoms with Crippen LogP contribution in [0.5, 0.6) is 5.88 Å². The van der Waals surface area contributed by atoms with E-state index in [1.165, 1.54) is 0 Å². The van der Waals surface area contributed by atoms with Gasteiger partial charge in [-0.15, -0.1) is 0 Å². The molecule has 0 saturated carbocycles. The molecule has 2 aromatic heterocycles. The fourth-order valence-electron chi connectivity index (χ4n) is 4.26. The van der Waals surface area contributed by atoms with Gasteiger partial charge in [0.2, 0.25) is 5.88 Å². The minimum absolute atomic E-state index is 0.0586. The van der Waals surface area contributed by atoms with Crippen molar-refractivity contribution in [1.29, 1.82) is 0 Å². The summed E-state index contributed by atoms with van der Waals surface area (Å²) in [5.41, 5.74) is 4.10. The number of para-hydroxylation sites is 1. The molecule has 0 saturated heterocycles. The number of pyridine rings is 1. The van der Waals surface area contributed by atoms with Crippen LogP contribution < -0.4 is 0 Å². The molecule has 0 atom stereocenters. The molecule has 2 heterocycles. The van der Waals surface area contributed by atoms with Crippen molar-refractivity contribution < 1.29 is 9.90 Å². The van der Waals surface area contributed by atoms with Gasteiger partial charge in [0.05, 0.1) is 11.4 Å².